The fourth-order valence-corrected chi connectivity index (χ4v) is 3.54. The number of anilines is 1. The molecule has 1 aromatic heterocycles. The van der Waals surface area contributed by atoms with Crippen LogP contribution in [-0.2, 0) is 4.79 Å². The maximum absolute atomic E-state index is 12.5. The standard InChI is InChI=1S/C20H22N4O3/c1-12-3-6-15-16(11-12)20(27)23(19(15)26)10-8-18(25)22-17-7-9-21-24(17)13(2)14-4-5-14/h3,6-7,9,11,13-14H,4-5,8,10H2,1-2H3,(H,22,25). The zero-order valence-corrected chi connectivity index (χ0v) is 15.4. The van der Waals surface area contributed by atoms with Gasteiger partial charge in [-0.05, 0) is 44.7 Å². The fourth-order valence-electron chi connectivity index (χ4n) is 3.54. The van der Waals surface area contributed by atoms with E-state index in [4.69, 9.17) is 0 Å². The van der Waals surface area contributed by atoms with Crippen molar-refractivity contribution >= 4 is 23.5 Å². The second-order valence-corrected chi connectivity index (χ2v) is 7.35. The number of imide groups is 1. The summed E-state index contributed by atoms with van der Waals surface area (Å²) in [7, 11) is 0. The smallest absolute Gasteiger partial charge is 0.261 e. The third-order valence-corrected chi connectivity index (χ3v) is 5.32. The number of aromatic nitrogens is 2. The summed E-state index contributed by atoms with van der Waals surface area (Å²) in [5.74, 6) is 0.348. The predicted molar refractivity (Wildman–Crippen MR) is 99.5 cm³/mol. The average Bonchev–Trinajstić information content (AvgIpc) is 3.35. The predicted octanol–water partition coefficient (Wildman–Crippen LogP) is 2.79. The van der Waals surface area contributed by atoms with Crippen molar-refractivity contribution < 1.29 is 14.4 Å². The molecule has 1 aliphatic heterocycles. The molecule has 3 amide bonds. The molecule has 1 aromatic carbocycles. The molecular formula is C20H22N4O3. The van der Waals surface area contributed by atoms with Gasteiger partial charge in [0.15, 0.2) is 0 Å². The Morgan fingerprint density at radius 1 is 1.22 bits per heavy atom. The van der Waals surface area contributed by atoms with E-state index in [9.17, 15) is 14.4 Å². The normalized spacial score (nSPS) is 17.2. The number of benzene rings is 1. The monoisotopic (exact) mass is 366 g/mol. The highest BCUT2D eigenvalue weighted by atomic mass is 16.2. The van der Waals surface area contributed by atoms with Crippen LogP contribution in [0.4, 0.5) is 5.82 Å². The van der Waals surface area contributed by atoms with Crippen molar-refractivity contribution in [3.8, 4) is 0 Å². The van der Waals surface area contributed by atoms with Crippen molar-refractivity contribution in [2.24, 2.45) is 5.92 Å². The molecule has 0 spiro atoms. The molecule has 1 saturated carbocycles. The van der Waals surface area contributed by atoms with E-state index in [1.807, 2.05) is 17.7 Å². The van der Waals surface area contributed by atoms with E-state index in [2.05, 4.69) is 17.3 Å². The minimum atomic E-state index is -0.338. The zero-order chi connectivity index (χ0) is 19.1. The van der Waals surface area contributed by atoms with Crippen molar-refractivity contribution in [3.63, 3.8) is 0 Å². The highest BCUT2D eigenvalue weighted by Gasteiger charge is 2.35. The summed E-state index contributed by atoms with van der Waals surface area (Å²) in [4.78, 5) is 38.4. The van der Waals surface area contributed by atoms with Crippen LogP contribution in [0.15, 0.2) is 30.5 Å². The van der Waals surface area contributed by atoms with Gasteiger partial charge in [0.25, 0.3) is 11.8 Å². The number of nitrogens with one attached hydrogen (secondary N) is 1. The Labute approximate surface area is 157 Å². The Balaban J connectivity index is 1.38. The number of carbonyl (C=O) groups excluding carboxylic acids is 3. The number of carbonyl (C=O) groups is 3. The van der Waals surface area contributed by atoms with Crippen LogP contribution in [0, 0.1) is 12.8 Å². The van der Waals surface area contributed by atoms with Crippen LogP contribution >= 0.6 is 0 Å². The number of hydrogen-bond donors (Lipinski definition) is 1. The summed E-state index contributed by atoms with van der Waals surface area (Å²) in [5.41, 5.74) is 1.74. The topological polar surface area (TPSA) is 84.3 Å². The molecule has 1 aliphatic carbocycles. The summed E-state index contributed by atoms with van der Waals surface area (Å²) < 4.78 is 1.83. The van der Waals surface area contributed by atoms with Crippen molar-refractivity contribution in [2.45, 2.75) is 39.2 Å². The number of fused-ring (bicyclic) bond motifs is 1. The van der Waals surface area contributed by atoms with Gasteiger partial charge in [-0.2, -0.15) is 5.10 Å². The van der Waals surface area contributed by atoms with Gasteiger partial charge < -0.3 is 5.32 Å². The molecular weight excluding hydrogens is 344 g/mol. The molecule has 0 bridgehead atoms. The summed E-state index contributed by atoms with van der Waals surface area (Å²) in [5, 5.41) is 7.16. The summed E-state index contributed by atoms with van der Waals surface area (Å²) in [6, 6.07) is 7.20. The lowest BCUT2D eigenvalue weighted by atomic mass is 10.1. The number of amides is 3. The molecule has 7 heteroatoms. The Kier molecular flexibility index (Phi) is 4.30. The quantitative estimate of drug-likeness (QED) is 0.797. The Morgan fingerprint density at radius 3 is 2.70 bits per heavy atom. The van der Waals surface area contributed by atoms with Gasteiger partial charge >= 0.3 is 0 Å². The van der Waals surface area contributed by atoms with Gasteiger partial charge in [-0.1, -0.05) is 11.6 Å². The van der Waals surface area contributed by atoms with Gasteiger partial charge in [-0.15, -0.1) is 0 Å². The third kappa shape index (κ3) is 3.25. The van der Waals surface area contributed by atoms with Crippen LogP contribution in [0.5, 0.6) is 0 Å². The van der Waals surface area contributed by atoms with E-state index < -0.39 is 0 Å². The highest BCUT2D eigenvalue weighted by molar-refractivity contribution is 6.21. The lowest BCUT2D eigenvalue weighted by molar-refractivity contribution is -0.116. The van der Waals surface area contributed by atoms with Crippen LogP contribution in [0.3, 0.4) is 0 Å². The molecule has 1 unspecified atom stereocenters. The van der Waals surface area contributed by atoms with Crippen molar-refractivity contribution in [1.29, 1.82) is 0 Å². The highest BCUT2D eigenvalue weighted by Crippen LogP contribution is 2.40. The minimum Gasteiger partial charge on any atom is -0.311 e. The maximum atomic E-state index is 12.5. The summed E-state index contributed by atoms with van der Waals surface area (Å²) in [6.45, 7) is 4.03. The summed E-state index contributed by atoms with van der Waals surface area (Å²) >= 11 is 0. The maximum Gasteiger partial charge on any atom is 0.261 e. The third-order valence-electron chi connectivity index (χ3n) is 5.32. The van der Waals surface area contributed by atoms with Crippen molar-refractivity contribution in [1.82, 2.24) is 14.7 Å². The number of hydrogen-bond acceptors (Lipinski definition) is 4. The second-order valence-electron chi connectivity index (χ2n) is 7.35. The number of nitrogens with zero attached hydrogens (tertiary/aromatic N) is 3. The first-order valence-corrected chi connectivity index (χ1v) is 9.26. The van der Waals surface area contributed by atoms with E-state index >= 15 is 0 Å². The molecule has 2 aliphatic rings. The second kappa shape index (κ2) is 6.64. The molecule has 1 atom stereocenters. The molecule has 4 rings (SSSR count). The molecule has 7 nitrogen and oxygen atoms in total. The van der Waals surface area contributed by atoms with E-state index in [0.29, 0.717) is 22.9 Å². The van der Waals surface area contributed by atoms with Gasteiger partial charge in [0, 0.05) is 19.0 Å². The average molecular weight is 366 g/mol. The Bertz CT molecular complexity index is 929. The SMILES string of the molecule is Cc1ccc2c(c1)C(=O)N(CCC(=O)Nc1ccnn1C(C)C1CC1)C2=O. The van der Waals surface area contributed by atoms with E-state index in [-0.39, 0.29) is 36.7 Å². The largest absolute Gasteiger partial charge is 0.311 e. The lowest BCUT2D eigenvalue weighted by Gasteiger charge is -2.16. The Hall–Kier alpha value is -2.96. The van der Waals surface area contributed by atoms with E-state index in [1.165, 1.54) is 12.8 Å². The van der Waals surface area contributed by atoms with Crippen LogP contribution in [0.2, 0.25) is 0 Å². The molecule has 0 radical (unpaired) electrons. The van der Waals surface area contributed by atoms with Gasteiger partial charge in [0.2, 0.25) is 5.91 Å². The first-order valence-electron chi connectivity index (χ1n) is 9.26. The van der Waals surface area contributed by atoms with E-state index in [1.54, 1.807) is 24.4 Å². The van der Waals surface area contributed by atoms with Gasteiger partial charge in [0.1, 0.15) is 5.82 Å². The molecule has 27 heavy (non-hydrogen) atoms. The van der Waals surface area contributed by atoms with Crippen LogP contribution in [0.1, 0.15) is 58.5 Å². The zero-order valence-electron chi connectivity index (χ0n) is 15.4. The first kappa shape index (κ1) is 17.5. The van der Waals surface area contributed by atoms with E-state index in [0.717, 1.165) is 10.5 Å². The van der Waals surface area contributed by atoms with Crippen LogP contribution < -0.4 is 5.32 Å². The lowest BCUT2D eigenvalue weighted by Crippen LogP contribution is -2.33. The fraction of sp³-hybridized carbons (Fsp3) is 0.400. The molecule has 0 saturated heterocycles. The molecule has 1 N–H and O–H groups in total. The molecule has 140 valence electrons. The minimum absolute atomic E-state index is 0.0490. The van der Waals surface area contributed by atoms with Gasteiger partial charge in [0.05, 0.1) is 23.4 Å². The van der Waals surface area contributed by atoms with Crippen LogP contribution in [-0.4, -0.2) is 38.9 Å². The number of rotatable bonds is 6. The van der Waals surface area contributed by atoms with Crippen LogP contribution in [0.25, 0.3) is 0 Å². The van der Waals surface area contributed by atoms with Crippen molar-refractivity contribution in [3.05, 3.63) is 47.2 Å². The summed E-state index contributed by atoms with van der Waals surface area (Å²) in [6.07, 6.45) is 4.09. The molecule has 2 aromatic rings. The first-order chi connectivity index (χ1) is 13.0. The van der Waals surface area contributed by atoms with Gasteiger partial charge in [-0.3, -0.25) is 19.3 Å². The number of aryl methyl sites for hydroxylation is 1. The Morgan fingerprint density at radius 2 is 1.96 bits per heavy atom. The van der Waals surface area contributed by atoms with Gasteiger partial charge in [-0.25, -0.2) is 4.68 Å². The molecule has 1 fully saturated rings. The molecule has 2 heterocycles. The van der Waals surface area contributed by atoms with Crippen molar-refractivity contribution in [2.75, 3.05) is 11.9 Å².